The first-order valence-electron chi connectivity index (χ1n) is 6.59. The van der Waals surface area contributed by atoms with Crippen LogP contribution in [0.4, 0.5) is 0 Å². The topological polar surface area (TPSA) is 21.6 Å². The average Bonchev–Trinajstić information content (AvgIpc) is 2.73. The molecular formula is C13H23NO. The second-order valence-corrected chi connectivity index (χ2v) is 4.84. The first-order valence-corrected chi connectivity index (χ1v) is 6.59. The molecule has 0 aromatic rings. The van der Waals surface area contributed by atoms with E-state index in [0.29, 0.717) is 18.1 Å². The van der Waals surface area contributed by atoms with Crippen molar-refractivity contribution in [1.82, 2.24) is 0 Å². The van der Waals surface area contributed by atoms with Crippen molar-refractivity contribution in [1.29, 1.82) is 0 Å². The Morgan fingerprint density at radius 1 is 1.13 bits per heavy atom. The summed E-state index contributed by atoms with van der Waals surface area (Å²) in [5.74, 6) is 1.73. The van der Waals surface area contributed by atoms with Gasteiger partial charge in [0.05, 0.1) is 6.04 Å². The Morgan fingerprint density at radius 3 is 2.40 bits per heavy atom. The minimum absolute atomic E-state index is 0.368. The Bertz CT molecular complexity index is 231. The highest BCUT2D eigenvalue weighted by molar-refractivity contribution is 5.80. The predicted octanol–water partition coefficient (Wildman–Crippen LogP) is 3.55. The Morgan fingerprint density at radius 2 is 1.87 bits per heavy atom. The molecule has 2 heteroatoms. The van der Waals surface area contributed by atoms with Crippen molar-refractivity contribution < 1.29 is 4.74 Å². The predicted molar refractivity (Wildman–Crippen MR) is 63.3 cm³/mol. The molecule has 2 nitrogen and oxygen atoms in total. The van der Waals surface area contributed by atoms with Gasteiger partial charge in [0.15, 0.2) is 5.90 Å². The summed E-state index contributed by atoms with van der Waals surface area (Å²) >= 11 is 0. The highest BCUT2D eigenvalue weighted by Crippen LogP contribution is 2.30. The van der Waals surface area contributed by atoms with Gasteiger partial charge in [0.25, 0.3) is 0 Å². The van der Waals surface area contributed by atoms with Crippen LogP contribution in [0.25, 0.3) is 0 Å². The maximum atomic E-state index is 6.00. The monoisotopic (exact) mass is 209 g/mol. The van der Waals surface area contributed by atoms with Crippen molar-refractivity contribution in [3.05, 3.63) is 0 Å². The molecular weight excluding hydrogens is 186 g/mol. The maximum Gasteiger partial charge on any atom is 0.187 e. The van der Waals surface area contributed by atoms with E-state index in [4.69, 9.17) is 9.73 Å². The van der Waals surface area contributed by atoms with Crippen molar-refractivity contribution in [2.45, 2.75) is 70.9 Å². The Hall–Kier alpha value is -0.530. The number of aliphatic imine (C=N–C) groups is 1. The van der Waals surface area contributed by atoms with Gasteiger partial charge in [-0.15, -0.1) is 0 Å². The second kappa shape index (κ2) is 5.00. The second-order valence-electron chi connectivity index (χ2n) is 4.84. The fourth-order valence-electron chi connectivity index (χ4n) is 2.77. The summed E-state index contributed by atoms with van der Waals surface area (Å²) in [4.78, 5) is 4.78. The van der Waals surface area contributed by atoms with Gasteiger partial charge in [0, 0.05) is 5.92 Å². The van der Waals surface area contributed by atoms with Gasteiger partial charge in [-0.1, -0.05) is 33.1 Å². The summed E-state index contributed by atoms with van der Waals surface area (Å²) < 4.78 is 6.00. The molecule has 0 aromatic carbocycles. The van der Waals surface area contributed by atoms with Crippen molar-refractivity contribution in [3.63, 3.8) is 0 Å². The van der Waals surface area contributed by atoms with Gasteiger partial charge in [-0.2, -0.15) is 0 Å². The zero-order valence-corrected chi connectivity index (χ0v) is 10.0. The number of hydrogen-bond donors (Lipinski definition) is 0. The van der Waals surface area contributed by atoms with Gasteiger partial charge in [0.1, 0.15) is 6.10 Å². The molecule has 1 aliphatic carbocycles. The lowest BCUT2D eigenvalue weighted by molar-refractivity contribution is 0.170. The summed E-state index contributed by atoms with van der Waals surface area (Å²) in [5.41, 5.74) is 0. The highest BCUT2D eigenvalue weighted by Gasteiger charge is 2.32. The molecule has 2 atom stereocenters. The lowest BCUT2D eigenvalue weighted by atomic mass is 9.89. The molecule has 1 heterocycles. The van der Waals surface area contributed by atoms with Crippen LogP contribution in [0.15, 0.2) is 4.99 Å². The van der Waals surface area contributed by atoms with Crippen LogP contribution in [0, 0.1) is 5.92 Å². The molecule has 0 aromatic heterocycles. The van der Waals surface area contributed by atoms with Crippen LogP contribution in [-0.4, -0.2) is 18.0 Å². The Balaban J connectivity index is 1.97. The van der Waals surface area contributed by atoms with Crippen molar-refractivity contribution in [2.75, 3.05) is 0 Å². The third-order valence-corrected chi connectivity index (χ3v) is 3.77. The molecule has 1 fully saturated rings. The van der Waals surface area contributed by atoms with Crippen molar-refractivity contribution in [2.24, 2.45) is 10.9 Å². The molecule has 1 saturated carbocycles. The molecule has 15 heavy (non-hydrogen) atoms. The van der Waals surface area contributed by atoms with E-state index < -0.39 is 0 Å². The van der Waals surface area contributed by atoms with E-state index >= 15 is 0 Å². The maximum absolute atomic E-state index is 6.00. The summed E-state index contributed by atoms with van der Waals surface area (Å²) in [6.07, 6.45) is 9.30. The minimum Gasteiger partial charge on any atom is -0.475 e. The van der Waals surface area contributed by atoms with Crippen LogP contribution < -0.4 is 0 Å². The Labute approximate surface area is 93.1 Å². The van der Waals surface area contributed by atoms with E-state index in [0.717, 1.165) is 18.7 Å². The molecule has 0 radical (unpaired) electrons. The zero-order valence-electron chi connectivity index (χ0n) is 10.0. The first-order chi connectivity index (χ1) is 7.35. The number of rotatable bonds is 3. The SMILES string of the molecule is CCC1N=C(C2CCCCC2)OC1CC. The minimum atomic E-state index is 0.368. The number of hydrogen-bond acceptors (Lipinski definition) is 2. The van der Waals surface area contributed by atoms with E-state index in [9.17, 15) is 0 Å². The molecule has 0 amide bonds. The molecule has 2 unspecified atom stereocenters. The number of ether oxygens (including phenoxy) is 1. The summed E-state index contributed by atoms with van der Waals surface area (Å²) in [7, 11) is 0. The first kappa shape index (κ1) is 11.0. The van der Waals surface area contributed by atoms with Gasteiger partial charge < -0.3 is 4.74 Å². The number of nitrogens with zero attached hydrogens (tertiary/aromatic N) is 1. The third kappa shape index (κ3) is 2.35. The average molecular weight is 209 g/mol. The molecule has 0 spiro atoms. The normalized spacial score (nSPS) is 32.5. The summed E-state index contributed by atoms with van der Waals surface area (Å²) in [5, 5.41) is 0. The fraction of sp³-hybridized carbons (Fsp3) is 0.923. The van der Waals surface area contributed by atoms with E-state index in [1.807, 2.05) is 0 Å². The van der Waals surface area contributed by atoms with E-state index in [-0.39, 0.29) is 0 Å². The van der Waals surface area contributed by atoms with Gasteiger partial charge in [-0.05, 0) is 25.7 Å². The van der Waals surface area contributed by atoms with E-state index in [1.54, 1.807) is 0 Å². The smallest absolute Gasteiger partial charge is 0.187 e. The van der Waals surface area contributed by atoms with Crippen LogP contribution in [0.2, 0.25) is 0 Å². The molecule has 86 valence electrons. The van der Waals surface area contributed by atoms with Crippen molar-refractivity contribution in [3.8, 4) is 0 Å². The van der Waals surface area contributed by atoms with Gasteiger partial charge in [-0.25, -0.2) is 4.99 Å². The standard InChI is InChI=1S/C13H23NO/c1-3-11-12(4-2)15-13(14-11)10-8-6-5-7-9-10/h10-12H,3-9H2,1-2H3. The zero-order chi connectivity index (χ0) is 10.7. The van der Waals surface area contributed by atoms with Gasteiger partial charge in [0.2, 0.25) is 0 Å². The molecule has 0 saturated heterocycles. The molecule has 2 rings (SSSR count). The quantitative estimate of drug-likeness (QED) is 0.696. The van der Waals surface area contributed by atoms with Crippen LogP contribution in [0.1, 0.15) is 58.8 Å². The lowest BCUT2D eigenvalue weighted by Crippen LogP contribution is -2.23. The van der Waals surface area contributed by atoms with E-state index in [1.165, 1.54) is 32.1 Å². The van der Waals surface area contributed by atoms with Crippen LogP contribution in [0.3, 0.4) is 0 Å². The lowest BCUT2D eigenvalue weighted by Gasteiger charge is -2.22. The third-order valence-electron chi connectivity index (χ3n) is 3.77. The van der Waals surface area contributed by atoms with Gasteiger partial charge in [-0.3, -0.25) is 0 Å². The van der Waals surface area contributed by atoms with Gasteiger partial charge >= 0.3 is 0 Å². The van der Waals surface area contributed by atoms with E-state index in [2.05, 4.69) is 13.8 Å². The molecule has 2 aliphatic rings. The van der Waals surface area contributed by atoms with Crippen molar-refractivity contribution >= 4 is 5.90 Å². The Kier molecular flexibility index (Phi) is 3.66. The summed E-state index contributed by atoms with van der Waals surface area (Å²) in [6, 6.07) is 0.437. The summed E-state index contributed by atoms with van der Waals surface area (Å²) in [6.45, 7) is 4.41. The van der Waals surface area contributed by atoms with Crippen LogP contribution in [-0.2, 0) is 4.74 Å². The highest BCUT2D eigenvalue weighted by atomic mass is 16.5. The molecule has 0 bridgehead atoms. The largest absolute Gasteiger partial charge is 0.475 e. The fourth-order valence-corrected chi connectivity index (χ4v) is 2.77. The molecule has 0 N–H and O–H groups in total. The van der Waals surface area contributed by atoms with Crippen LogP contribution >= 0.6 is 0 Å². The molecule has 1 aliphatic heterocycles. The van der Waals surface area contributed by atoms with Crippen LogP contribution in [0.5, 0.6) is 0 Å².